The summed E-state index contributed by atoms with van der Waals surface area (Å²) in [5.74, 6) is -0.624. The van der Waals surface area contributed by atoms with E-state index in [1.807, 2.05) is 0 Å². The van der Waals surface area contributed by atoms with Crippen molar-refractivity contribution in [2.75, 3.05) is 33.6 Å². The molecule has 0 aliphatic carbocycles. The molecule has 34 heavy (non-hydrogen) atoms. The maximum Gasteiger partial charge on any atom is 0.237 e. The first-order valence-electron chi connectivity index (χ1n) is 15.8. The summed E-state index contributed by atoms with van der Waals surface area (Å²) in [5, 5.41) is 12.0. The summed E-state index contributed by atoms with van der Waals surface area (Å²) in [6.07, 6.45) is -8.27. The van der Waals surface area contributed by atoms with Crippen molar-refractivity contribution < 1.29 is 23.6 Å². The van der Waals surface area contributed by atoms with Crippen molar-refractivity contribution in [1.29, 1.82) is 0 Å². The molecule has 1 aliphatic heterocycles. The molecule has 0 radical (unpaired) electrons. The Balaban J connectivity index is 2.01. The third-order valence-electron chi connectivity index (χ3n) is 5.77. The summed E-state index contributed by atoms with van der Waals surface area (Å²) in [7, 11) is 2.92. The third kappa shape index (κ3) is 4.90. The number of likely N-dealkylation sites (N-methyl/N-ethyl adjacent to an activating group) is 1. The van der Waals surface area contributed by atoms with Gasteiger partial charge in [0.1, 0.15) is 5.41 Å². The molecule has 3 aromatic rings. The summed E-state index contributed by atoms with van der Waals surface area (Å²) in [6.45, 7) is -10.6. The van der Waals surface area contributed by atoms with Crippen molar-refractivity contribution >= 4 is 17.5 Å². The largest absolute Gasteiger partial charge is 0.385 e. The average molecular weight is 487 g/mol. The SMILES string of the molecule is [2H]C([2H])(CC(C(=O)N(C)C)(c1ccccc1)c1ccccc1)N1C([2H])([2H])C([2H])([2H])C(O)(c2ccc(Cl)cc2)C([2H])([2H])C1([2H])[2H]. The van der Waals surface area contributed by atoms with Crippen LogP contribution >= 0.6 is 11.6 Å². The molecule has 0 saturated carbocycles. The molecule has 1 heterocycles. The van der Waals surface area contributed by atoms with Gasteiger partial charge in [0.25, 0.3) is 0 Å². The predicted molar refractivity (Wildman–Crippen MR) is 138 cm³/mol. The first-order valence-corrected chi connectivity index (χ1v) is 11.1. The summed E-state index contributed by atoms with van der Waals surface area (Å²) in [6, 6.07) is 20.8. The Morgan fingerprint density at radius 1 is 1.00 bits per heavy atom. The molecule has 0 aromatic heterocycles. The molecule has 3 aromatic carbocycles. The highest BCUT2D eigenvalue weighted by Crippen LogP contribution is 2.39. The van der Waals surface area contributed by atoms with Crippen LogP contribution in [0.4, 0.5) is 0 Å². The number of likely N-dealkylation sites (tertiary alicyclic amines) is 1. The van der Waals surface area contributed by atoms with E-state index in [1.54, 1.807) is 60.7 Å². The van der Waals surface area contributed by atoms with E-state index in [9.17, 15) is 12.6 Å². The Hall–Kier alpha value is -2.66. The van der Waals surface area contributed by atoms with Crippen molar-refractivity contribution in [3.8, 4) is 0 Å². The minimum absolute atomic E-state index is 0.138. The zero-order valence-corrected chi connectivity index (χ0v) is 19.7. The lowest BCUT2D eigenvalue weighted by molar-refractivity contribution is -0.133. The van der Waals surface area contributed by atoms with E-state index in [0.29, 0.717) is 11.1 Å². The Morgan fingerprint density at radius 3 is 1.97 bits per heavy atom. The second kappa shape index (κ2) is 10.3. The highest BCUT2D eigenvalue weighted by Gasteiger charge is 2.43. The number of carbonyl (C=O) groups is 1. The molecule has 1 amide bonds. The van der Waals surface area contributed by atoms with E-state index in [0.717, 1.165) is 12.1 Å². The van der Waals surface area contributed by atoms with Crippen LogP contribution in [-0.2, 0) is 15.8 Å². The standard InChI is InChI=1S/C29H33ClN2O2/c1-31(2)27(33)29(24-9-5-3-6-10-24,25-11-7-4-8-12-25)19-22-32-20-17-28(34,18-21-32)23-13-15-26(30)16-14-23/h3-16,34H,17-22H2,1-2H3/i17D2,18D2,20D2,21D2,22D2. The van der Waals surface area contributed by atoms with Gasteiger partial charge in [0.05, 0.1) is 5.60 Å². The maximum atomic E-state index is 14.2. The van der Waals surface area contributed by atoms with Gasteiger partial charge in [-0.3, -0.25) is 4.79 Å². The van der Waals surface area contributed by atoms with Crippen LogP contribution in [0.5, 0.6) is 0 Å². The highest BCUT2D eigenvalue weighted by molar-refractivity contribution is 6.30. The van der Waals surface area contributed by atoms with Crippen LogP contribution in [0.15, 0.2) is 84.9 Å². The molecular formula is C29H33ClN2O2. The number of hydrogen-bond acceptors (Lipinski definition) is 3. The van der Waals surface area contributed by atoms with Crippen LogP contribution in [0.2, 0.25) is 5.02 Å². The van der Waals surface area contributed by atoms with Gasteiger partial charge in [0.2, 0.25) is 5.91 Å². The van der Waals surface area contributed by atoms with Gasteiger partial charge < -0.3 is 14.9 Å². The number of rotatable bonds is 7. The van der Waals surface area contributed by atoms with Crippen molar-refractivity contribution in [3.05, 3.63) is 107 Å². The van der Waals surface area contributed by atoms with Gasteiger partial charge in [0, 0.05) is 45.8 Å². The fraction of sp³-hybridized carbons (Fsp3) is 0.345. The number of carbonyl (C=O) groups excluding carboxylic acids is 1. The van der Waals surface area contributed by atoms with Crippen LogP contribution in [0.3, 0.4) is 0 Å². The number of nitrogens with zero attached hydrogens (tertiary/aromatic N) is 2. The van der Waals surface area contributed by atoms with Gasteiger partial charge >= 0.3 is 0 Å². The van der Waals surface area contributed by atoms with Crippen molar-refractivity contribution in [3.63, 3.8) is 0 Å². The van der Waals surface area contributed by atoms with Crippen LogP contribution in [0, 0.1) is 0 Å². The average Bonchev–Trinajstić information content (AvgIpc) is 2.95. The molecule has 1 saturated heterocycles. The summed E-state index contributed by atoms with van der Waals surface area (Å²) in [4.78, 5) is 15.3. The van der Waals surface area contributed by atoms with Crippen molar-refractivity contribution in [2.24, 2.45) is 0 Å². The number of halogens is 1. The van der Waals surface area contributed by atoms with Crippen LogP contribution < -0.4 is 0 Å². The van der Waals surface area contributed by atoms with E-state index in [2.05, 4.69) is 0 Å². The van der Waals surface area contributed by atoms with Gasteiger partial charge in [0.15, 0.2) is 0 Å². The Kier molecular flexibility index (Phi) is 4.45. The molecule has 1 N–H and O–H groups in total. The Morgan fingerprint density at radius 2 is 1.50 bits per heavy atom. The fourth-order valence-electron chi connectivity index (χ4n) is 3.97. The number of amides is 1. The second-order valence-electron chi connectivity index (χ2n) is 8.20. The number of aliphatic hydroxyl groups is 1. The van der Waals surface area contributed by atoms with E-state index < -0.39 is 61.1 Å². The quantitative estimate of drug-likeness (QED) is 0.506. The molecule has 4 nitrogen and oxygen atoms in total. The van der Waals surface area contributed by atoms with Crippen LogP contribution in [0.25, 0.3) is 0 Å². The Labute approximate surface area is 221 Å². The minimum atomic E-state index is -3.69. The molecule has 1 fully saturated rings. The zero-order chi connectivity index (χ0) is 33.1. The molecule has 5 heteroatoms. The van der Waals surface area contributed by atoms with Crippen LogP contribution in [0.1, 0.15) is 49.6 Å². The third-order valence-corrected chi connectivity index (χ3v) is 6.02. The fourth-order valence-corrected chi connectivity index (χ4v) is 4.09. The van der Waals surface area contributed by atoms with Gasteiger partial charge in [-0.15, -0.1) is 0 Å². The topological polar surface area (TPSA) is 43.8 Å². The summed E-state index contributed by atoms with van der Waals surface area (Å²) < 4.78 is 89.6. The van der Waals surface area contributed by atoms with Gasteiger partial charge in [-0.2, -0.15) is 0 Å². The second-order valence-corrected chi connectivity index (χ2v) is 8.63. The molecule has 0 spiro atoms. The first kappa shape index (κ1) is 14.7. The Bertz CT molecular complexity index is 1440. The van der Waals surface area contributed by atoms with E-state index >= 15 is 0 Å². The molecule has 178 valence electrons. The molecule has 0 unspecified atom stereocenters. The summed E-state index contributed by atoms with van der Waals surface area (Å²) >= 11 is 5.94. The first-order chi connectivity index (χ1) is 20.1. The monoisotopic (exact) mass is 486 g/mol. The summed E-state index contributed by atoms with van der Waals surface area (Å²) in [5.41, 5.74) is -5.24. The molecule has 0 bridgehead atoms. The van der Waals surface area contributed by atoms with Crippen molar-refractivity contribution in [2.45, 2.75) is 30.2 Å². The molecule has 1 aliphatic rings. The van der Waals surface area contributed by atoms with Gasteiger partial charge in [-0.25, -0.2) is 0 Å². The van der Waals surface area contributed by atoms with Crippen molar-refractivity contribution in [1.82, 2.24) is 9.80 Å². The number of hydrogen-bond donors (Lipinski definition) is 1. The van der Waals surface area contributed by atoms with E-state index in [-0.39, 0.29) is 9.92 Å². The lowest BCUT2D eigenvalue weighted by atomic mass is 9.70. The number of piperidine rings is 1. The van der Waals surface area contributed by atoms with Gasteiger partial charge in [-0.05, 0) is 54.5 Å². The smallest absolute Gasteiger partial charge is 0.237 e. The minimum Gasteiger partial charge on any atom is -0.385 e. The van der Waals surface area contributed by atoms with Gasteiger partial charge in [-0.1, -0.05) is 84.4 Å². The molecule has 0 atom stereocenters. The number of benzene rings is 3. The molecule has 4 rings (SSSR count). The normalized spacial score (nSPS) is 26.9. The van der Waals surface area contributed by atoms with E-state index in [4.69, 9.17) is 22.6 Å². The van der Waals surface area contributed by atoms with E-state index in [1.165, 1.54) is 31.1 Å². The van der Waals surface area contributed by atoms with Crippen LogP contribution in [-0.4, -0.2) is 54.4 Å². The lowest BCUT2D eigenvalue weighted by Crippen LogP contribution is -2.48. The highest BCUT2D eigenvalue weighted by atomic mass is 35.5. The molecular weight excluding hydrogens is 444 g/mol. The maximum absolute atomic E-state index is 14.2. The predicted octanol–water partition coefficient (Wildman–Crippen LogP) is 5.09. The zero-order valence-electron chi connectivity index (χ0n) is 28.9. The lowest BCUT2D eigenvalue weighted by Gasteiger charge is -2.41.